The number of halogens is 3. The zero-order valence-electron chi connectivity index (χ0n) is 41.4. The standard InChI is InChI=1S/C50H71F3N10O8/c1-33(2)60(3)37-8-10-43(63-19-13-41(49(63)67)59-47-38-28-35(50(51,52)53)7-9-40(38)56-32-57-47)42(29-37)58-36-11-17-62(18-12-36)44(64)14-20-68-22-24-70-26-27-71-25-23-69-21-16-55-48(66)39-30-45(65)61(4)46(39)34-6-5-15-54-31-34/h5-7,9,15,28,31-33,36-37,39,41-43,46,58H,8,10-14,16-27,29-30H2,1-4H3,(H,55,66)(H,56,57,59)/t37?,39-,41-,42+,43?,46+/m0/s1. The quantitative estimate of drug-likeness (QED) is 0.109. The van der Waals surface area contributed by atoms with E-state index in [-0.39, 0.29) is 71.8 Å². The maximum Gasteiger partial charge on any atom is 0.416 e. The van der Waals surface area contributed by atoms with Crippen molar-refractivity contribution in [2.75, 3.05) is 98.4 Å². The molecular formula is C50H71F3N10O8. The highest BCUT2D eigenvalue weighted by Crippen LogP contribution is 2.37. The fourth-order valence-electron chi connectivity index (χ4n) is 10.3. The van der Waals surface area contributed by atoms with Crippen molar-refractivity contribution in [3.05, 3.63) is 60.2 Å². The lowest BCUT2D eigenvalue weighted by atomic mass is 9.83. The van der Waals surface area contributed by atoms with Crippen LogP contribution in [0.15, 0.2) is 49.1 Å². The van der Waals surface area contributed by atoms with Gasteiger partial charge in [-0.05, 0) is 89.2 Å². The predicted octanol–water partition coefficient (Wildman–Crippen LogP) is 4.06. The zero-order chi connectivity index (χ0) is 50.5. The van der Waals surface area contributed by atoms with Crippen molar-refractivity contribution in [2.24, 2.45) is 5.92 Å². The summed E-state index contributed by atoms with van der Waals surface area (Å²) >= 11 is 0. The van der Waals surface area contributed by atoms with E-state index in [0.717, 1.165) is 49.8 Å². The van der Waals surface area contributed by atoms with E-state index >= 15 is 0 Å². The number of carbonyl (C=O) groups is 4. The molecule has 1 aromatic carbocycles. The normalized spacial score (nSPS) is 23.4. The van der Waals surface area contributed by atoms with Crippen LogP contribution < -0.4 is 16.0 Å². The molecule has 2 unspecified atom stereocenters. The van der Waals surface area contributed by atoms with Crippen LogP contribution in [0.3, 0.4) is 0 Å². The van der Waals surface area contributed by atoms with Gasteiger partial charge in [-0.2, -0.15) is 13.2 Å². The van der Waals surface area contributed by atoms with Gasteiger partial charge in [0.15, 0.2) is 0 Å². The highest BCUT2D eigenvalue weighted by Gasteiger charge is 2.45. The van der Waals surface area contributed by atoms with Crippen LogP contribution in [0.25, 0.3) is 10.9 Å². The van der Waals surface area contributed by atoms with Crippen molar-refractivity contribution in [1.29, 1.82) is 0 Å². The largest absolute Gasteiger partial charge is 0.416 e. The Bertz CT molecular complexity index is 2220. The van der Waals surface area contributed by atoms with Crippen LogP contribution in [0.4, 0.5) is 19.0 Å². The lowest BCUT2D eigenvalue weighted by Crippen LogP contribution is -2.60. The van der Waals surface area contributed by atoms with Gasteiger partial charge in [0, 0.05) is 87.6 Å². The fraction of sp³-hybridized carbons (Fsp3) is 0.660. The van der Waals surface area contributed by atoms with Gasteiger partial charge in [-0.1, -0.05) is 6.07 Å². The number of pyridine rings is 1. The molecule has 4 fully saturated rings. The van der Waals surface area contributed by atoms with E-state index in [1.54, 1.807) is 30.4 Å². The number of likely N-dealkylation sites (tertiary alicyclic amines) is 3. The predicted molar refractivity (Wildman–Crippen MR) is 258 cm³/mol. The molecule has 1 aliphatic carbocycles. The summed E-state index contributed by atoms with van der Waals surface area (Å²) in [5.74, 6) is -0.577. The molecule has 4 amide bonds. The van der Waals surface area contributed by atoms with Gasteiger partial charge in [0.25, 0.3) is 0 Å². The maximum atomic E-state index is 14.1. The number of aromatic nitrogens is 3. The first-order valence-corrected chi connectivity index (χ1v) is 25.1. The van der Waals surface area contributed by atoms with Crippen molar-refractivity contribution in [3.63, 3.8) is 0 Å². The first-order valence-electron chi connectivity index (χ1n) is 25.1. The third kappa shape index (κ3) is 14.3. The van der Waals surface area contributed by atoms with Gasteiger partial charge in [-0.25, -0.2) is 9.97 Å². The van der Waals surface area contributed by atoms with E-state index in [9.17, 15) is 32.3 Å². The molecule has 5 heterocycles. The monoisotopic (exact) mass is 997 g/mol. The van der Waals surface area contributed by atoms with E-state index in [1.807, 2.05) is 15.9 Å². The lowest BCUT2D eigenvalue weighted by Gasteiger charge is -2.46. The summed E-state index contributed by atoms with van der Waals surface area (Å²) in [5, 5.41) is 10.2. The summed E-state index contributed by atoms with van der Waals surface area (Å²) in [6.45, 7) is 9.31. The second-order valence-electron chi connectivity index (χ2n) is 19.2. The Balaban J connectivity index is 0.748. The number of rotatable bonds is 24. The van der Waals surface area contributed by atoms with E-state index in [1.165, 1.54) is 12.4 Å². The Labute approximate surface area is 414 Å². The van der Waals surface area contributed by atoms with Crippen LogP contribution in [0, 0.1) is 5.92 Å². The fourth-order valence-corrected chi connectivity index (χ4v) is 10.3. The molecule has 0 spiro atoms. The van der Waals surface area contributed by atoms with Gasteiger partial charge in [0.2, 0.25) is 23.6 Å². The molecule has 6 atom stereocenters. The molecule has 7 rings (SSSR count). The first-order chi connectivity index (χ1) is 34.2. The molecule has 1 saturated carbocycles. The number of amides is 4. The Morgan fingerprint density at radius 1 is 0.887 bits per heavy atom. The van der Waals surface area contributed by atoms with Crippen LogP contribution in [-0.4, -0.2) is 188 Å². The minimum Gasteiger partial charge on any atom is -0.379 e. The summed E-state index contributed by atoms with van der Waals surface area (Å²) in [7, 11) is 3.86. The molecule has 3 saturated heterocycles. The second kappa shape index (κ2) is 25.5. The smallest absolute Gasteiger partial charge is 0.379 e. The number of hydrogen-bond donors (Lipinski definition) is 3. The number of piperidine rings is 1. The Hall–Kier alpha value is -5.06. The van der Waals surface area contributed by atoms with Crippen LogP contribution in [0.5, 0.6) is 0 Å². The number of anilines is 1. The van der Waals surface area contributed by atoms with Gasteiger partial charge in [-0.3, -0.25) is 24.2 Å². The van der Waals surface area contributed by atoms with E-state index in [0.29, 0.717) is 103 Å². The summed E-state index contributed by atoms with van der Waals surface area (Å²) < 4.78 is 63.2. The van der Waals surface area contributed by atoms with Crippen LogP contribution in [-0.2, 0) is 44.3 Å². The SMILES string of the molecule is CC(C)N(C)C1CCC(N2CC[C@H](Nc3ncnc4ccc(C(F)(F)F)cc34)C2=O)[C@H](NC2CCN(C(=O)CCOCCOCCOCCOCCNC(=O)[C@H]3CC(=O)N(C)[C@@H]3c3cccnc3)CC2)C1. The molecule has 3 N–H and O–H groups in total. The molecule has 4 aliphatic rings. The molecule has 390 valence electrons. The average molecular weight is 997 g/mol. The second-order valence-corrected chi connectivity index (χ2v) is 19.2. The lowest BCUT2D eigenvalue weighted by molar-refractivity contribution is -0.137. The Morgan fingerprint density at radius 2 is 1.59 bits per heavy atom. The topological polar surface area (TPSA) is 193 Å². The zero-order valence-corrected chi connectivity index (χ0v) is 41.4. The van der Waals surface area contributed by atoms with Gasteiger partial charge in [-0.15, -0.1) is 0 Å². The molecule has 0 bridgehead atoms. The van der Waals surface area contributed by atoms with Crippen LogP contribution in [0.2, 0.25) is 0 Å². The summed E-state index contributed by atoms with van der Waals surface area (Å²) in [4.78, 5) is 72.9. The minimum atomic E-state index is -4.53. The molecule has 0 radical (unpaired) electrons. The van der Waals surface area contributed by atoms with E-state index < -0.39 is 23.7 Å². The Kier molecular flexibility index (Phi) is 19.3. The van der Waals surface area contributed by atoms with Gasteiger partial charge in [0.05, 0.1) is 82.3 Å². The Morgan fingerprint density at radius 3 is 2.27 bits per heavy atom. The number of benzene rings is 1. The number of ether oxygens (including phenoxy) is 4. The highest BCUT2D eigenvalue weighted by molar-refractivity contribution is 5.93. The van der Waals surface area contributed by atoms with Crippen molar-refractivity contribution in [1.82, 2.24) is 45.2 Å². The van der Waals surface area contributed by atoms with Gasteiger partial charge >= 0.3 is 6.18 Å². The van der Waals surface area contributed by atoms with Crippen molar-refractivity contribution < 1.29 is 51.3 Å². The molecular weight excluding hydrogens is 926 g/mol. The molecule has 2 aromatic heterocycles. The number of hydrogen-bond acceptors (Lipinski definition) is 14. The van der Waals surface area contributed by atoms with Gasteiger partial charge in [0.1, 0.15) is 18.2 Å². The summed E-state index contributed by atoms with van der Waals surface area (Å²) in [6.07, 6.45) is 5.25. The average Bonchev–Trinajstić information content (AvgIpc) is 3.88. The third-order valence-electron chi connectivity index (χ3n) is 14.5. The number of alkyl halides is 3. The van der Waals surface area contributed by atoms with Crippen molar-refractivity contribution in [3.8, 4) is 0 Å². The van der Waals surface area contributed by atoms with E-state index in [2.05, 4.69) is 56.7 Å². The molecule has 18 nitrogen and oxygen atoms in total. The van der Waals surface area contributed by atoms with Crippen molar-refractivity contribution in [2.45, 2.75) is 114 Å². The molecule has 21 heteroatoms. The number of carbonyl (C=O) groups excluding carboxylic acids is 4. The van der Waals surface area contributed by atoms with Crippen LogP contribution >= 0.6 is 0 Å². The number of fused-ring (bicyclic) bond motifs is 1. The van der Waals surface area contributed by atoms with E-state index in [4.69, 9.17) is 18.9 Å². The highest BCUT2D eigenvalue weighted by atomic mass is 19.4. The minimum absolute atomic E-state index is 0.0286. The first kappa shape index (κ1) is 53.7. The van der Waals surface area contributed by atoms with Gasteiger partial charge < -0.3 is 54.5 Å². The number of nitrogens with one attached hydrogen (secondary N) is 3. The summed E-state index contributed by atoms with van der Waals surface area (Å²) in [6, 6.07) is 6.89. The molecule has 3 aromatic rings. The molecule has 3 aliphatic heterocycles. The maximum absolute atomic E-state index is 14.1. The summed E-state index contributed by atoms with van der Waals surface area (Å²) in [5.41, 5.74) is 0.390. The van der Waals surface area contributed by atoms with Crippen molar-refractivity contribution >= 4 is 40.3 Å². The third-order valence-corrected chi connectivity index (χ3v) is 14.5. The van der Waals surface area contributed by atoms with Crippen LogP contribution in [0.1, 0.15) is 82.4 Å². The number of nitrogens with zero attached hydrogens (tertiary/aromatic N) is 7. The molecule has 71 heavy (non-hydrogen) atoms.